The first-order valence-corrected chi connectivity index (χ1v) is 7.42. The van der Waals surface area contributed by atoms with Gasteiger partial charge in [-0.1, -0.05) is 26.0 Å². The molecule has 3 nitrogen and oxygen atoms in total. The molecular formula is C17H29NO2. The average molecular weight is 279 g/mol. The van der Waals surface area contributed by atoms with Gasteiger partial charge in [-0.3, -0.25) is 0 Å². The van der Waals surface area contributed by atoms with E-state index in [1.54, 1.807) is 7.11 Å². The number of rotatable bonds is 9. The fraction of sp³-hybridized carbons (Fsp3) is 0.647. The zero-order valence-electron chi connectivity index (χ0n) is 13.5. The average Bonchev–Trinajstić information content (AvgIpc) is 2.38. The third-order valence-electron chi connectivity index (χ3n) is 3.42. The number of benzene rings is 1. The fourth-order valence-corrected chi connectivity index (χ4v) is 2.10. The van der Waals surface area contributed by atoms with Crippen LogP contribution in [-0.4, -0.2) is 32.9 Å². The molecule has 1 N–H and O–H groups in total. The Hall–Kier alpha value is -1.06. The summed E-state index contributed by atoms with van der Waals surface area (Å²) in [5, 5.41) is 3.40. The Balaban J connectivity index is 2.49. The molecule has 0 aliphatic rings. The molecule has 1 aromatic rings. The highest BCUT2D eigenvalue weighted by Gasteiger charge is 2.19. The summed E-state index contributed by atoms with van der Waals surface area (Å²) in [6.07, 6.45) is 1.32. The molecule has 0 saturated heterocycles. The molecule has 0 saturated carbocycles. The molecular weight excluding hydrogens is 250 g/mol. The van der Waals surface area contributed by atoms with E-state index in [9.17, 15) is 0 Å². The maximum absolute atomic E-state index is 5.68. The molecule has 1 aromatic carbocycles. The molecule has 0 bridgehead atoms. The van der Waals surface area contributed by atoms with Crippen LogP contribution in [0.4, 0.5) is 0 Å². The van der Waals surface area contributed by atoms with E-state index in [1.807, 2.05) is 13.8 Å². The molecule has 0 spiro atoms. The zero-order valence-corrected chi connectivity index (χ0v) is 13.5. The summed E-state index contributed by atoms with van der Waals surface area (Å²) in [7, 11) is 1.73. The Labute approximate surface area is 123 Å². The quantitative estimate of drug-likeness (QED) is 0.703. The predicted octanol–water partition coefficient (Wildman–Crippen LogP) is 3.38. The van der Waals surface area contributed by atoms with Crippen molar-refractivity contribution in [2.75, 3.05) is 26.8 Å². The lowest BCUT2D eigenvalue weighted by molar-refractivity contribution is 0.198. The van der Waals surface area contributed by atoms with Crippen molar-refractivity contribution >= 4 is 0 Å². The van der Waals surface area contributed by atoms with Crippen molar-refractivity contribution in [3.8, 4) is 5.75 Å². The summed E-state index contributed by atoms with van der Waals surface area (Å²) >= 11 is 0. The minimum Gasteiger partial charge on any atom is -0.491 e. The second-order valence-corrected chi connectivity index (χ2v) is 6.07. The van der Waals surface area contributed by atoms with Gasteiger partial charge in [-0.05, 0) is 49.9 Å². The third kappa shape index (κ3) is 5.93. The standard InChI is InChI=1S/C17H29NO2/c1-14(2)20-16-8-6-15(7-9-16)17(3,4)10-11-18-12-13-19-5/h6-9,14,18H,10-13H2,1-5H3. The second-order valence-electron chi connectivity index (χ2n) is 6.07. The Morgan fingerprint density at radius 2 is 1.75 bits per heavy atom. The van der Waals surface area contributed by atoms with Gasteiger partial charge in [-0.2, -0.15) is 0 Å². The Bertz CT molecular complexity index is 371. The molecule has 0 aliphatic carbocycles. The molecule has 20 heavy (non-hydrogen) atoms. The first-order valence-electron chi connectivity index (χ1n) is 7.42. The van der Waals surface area contributed by atoms with Crippen LogP contribution in [0.5, 0.6) is 5.75 Å². The highest BCUT2D eigenvalue weighted by molar-refractivity contribution is 5.31. The minimum atomic E-state index is 0.163. The predicted molar refractivity (Wildman–Crippen MR) is 84.6 cm³/mol. The minimum absolute atomic E-state index is 0.163. The summed E-state index contributed by atoms with van der Waals surface area (Å²) in [5.74, 6) is 0.942. The highest BCUT2D eigenvalue weighted by atomic mass is 16.5. The first-order chi connectivity index (χ1) is 9.45. The lowest BCUT2D eigenvalue weighted by Crippen LogP contribution is -2.27. The van der Waals surface area contributed by atoms with E-state index in [0.29, 0.717) is 0 Å². The second kappa shape index (κ2) is 8.28. The van der Waals surface area contributed by atoms with Crippen molar-refractivity contribution in [2.24, 2.45) is 0 Å². The van der Waals surface area contributed by atoms with Crippen LogP contribution in [0, 0.1) is 0 Å². The summed E-state index contributed by atoms with van der Waals surface area (Å²) in [4.78, 5) is 0. The van der Waals surface area contributed by atoms with Crippen LogP contribution in [0.1, 0.15) is 39.7 Å². The van der Waals surface area contributed by atoms with Gasteiger partial charge in [0.05, 0.1) is 12.7 Å². The van der Waals surface area contributed by atoms with Crippen LogP contribution >= 0.6 is 0 Å². The van der Waals surface area contributed by atoms with Gasteiger partial charge < -0.3 is 14.8 Å². The lowest BCUT2D eigenvalue weighted by Gasteiger charge is -2.26. The van der Waals surface area contributed by atoms with Gasteiger partial charge in [-0.15, -0.1) is 0 Å². The molecule has 0 amide bonds. The van der Waals surface area contributed by atoms with E-state index < -0.39 is 0 Å². The molecule has 1 rings (SSSR count). The lowest BCUT2D eigenvalue weighted by atomic mass is 9.81. The molecule has 0 atom stereocenters. The number of ether oxygens (including phenoxy) is 2. The number of hydrogen-bond donors (Lipinski definition) is 1. The number of nitrogens with one attached hydrogen (secondary N) is 1. The van der Waals surface area contributed by atoms with Crippen LogP contribution in [0.15, 0.2) is 24.3 Å². The Morgan fingerprint density at radius 3 is 2.30 bits per heavy atom. The van der Waals surface area contributed by atoms with Crippen LogP contribution in [0.3, 0.4) is 0 Å². The van der Waals surface area contributed by atoms with E-state index in [2.05, 4.69) is 43.4 Å². The largest absolute Gasteiger partial charge is 0.491 e. The van der Waals surface area contributed by atoms with Crippen molar-refractivity contribution < 1.29 is 9.47 Å². The van der Waals surface area contributed by atoms with Crippen LogP contribution in [0.25, 0.3) is 0 Å². The monoisotopic (exact) mass is 279 g/mol. The molecule has 0 heterocycles. The zero-order chi connectivity index (χ0) is 15.0. The summed E-state index contributed by atoms with van der Waals surface area (Å²) in [6.45, 7) is 11.3. The van der Waals surface area contributed by atoms with Gasteiger partial charge in [0.25, 0.3) is 0 Å². The topological polar surface area (TPSA) is 30.5 Å². The molecule has 0 aromatic heterocycles. The van der Waals surface area contributed by atoms with Crippen molar-refractivity contribution in [2.45, 2.75) is 45.6 Å². The molecule has 0 fully saturated rings. The summed E-state index contributed by atoms with van der Waals surface area (Å²) < 4.78 is 10.7. The van der Waals surface area contributed by atoms with E-state index in [1.165, 1.54) is 5.56 Å². The molecule has 0 unspecified atom stereocenters. The summed E-state index contributed by atoms with van der Waals surface area (Å²) in [5.41, 5.74) is 1.51. The van der Waals surface area contributed by atoms with Crippen LogP contribution in [-0.2, 0) is 10.2 Å². The van der Waals surface area contributed by atoms with E-state index >= 15 is 0 Å². The number of methoxy groups -OCH3 is 1. The van der Waals surface area contributed by atoms with Gasteiger partial charge in [-0.25, -0.2) is 0 Å². The maximum Gasteiger partial charge on any atom is 0.119 e. The van der Waals surface area contributed by atoms with Gasteiger partial charge in [0, 0.05) is 13.7 Å². The third-order valence-corrected chi connectivity index (χ3v) is 3.42. The molecule has 0 aliphatic heterocycles. The Kier molecular flexibility index (Phi) is 7.03. The molecule has 3 heteroatoms. The van der Waals surface area contributed by atoms with Crippen molar-refractivity contribution in [3.05, 3.63) is 29.8 Å². The maximum atomic E-state index is 5.68. The SMILES string of the molecule is COCCNCCC(C)(C)c1ccc(OC(C)C)cc1. The normalized spacial score (nSPS) is 11.9. The van der Waals surface area contributed by atoms with E-state index in [4.69, 9.17) is 9.47 Å². The first kappa shape index (κ1) is 17.0. The van der Waals surface area contributed by atoms with Crippen molar-refractivity contribution in [3.63, 3.8) is 0 Å². The van der Waals surface area contributed by atoms with Gasteiger partial charge in [0.1, 0.15) is 5.75 Å². The highest BCUT2D eigenvalue weighted by Crippen LogP contribution is 2.28. The number of hydrogen-bond acceptors (Lipinski definition) is 3. The van der Waals surface area contributed by atoms with Crippen molar-refractivity contribution in [1.29, 1.82) is 0 Å². The molecule has 0 radical (unpaired) electrons. The van der Waals surface area contributed by atoms with Gasteiger partial charge >= 0.3 is 0 Å². The fourth-order valence-electron chi connectivity index (χ4n) is 2.10. The van der Waals surface area contributed by atoms with E-state index in [0.717, 1.165) is 31.9 Å². The van der Waals surface area contributed by atoms with E-state index in [-0.39, 0.29) is 11.5 Å². The van der Waals surface area contributed by atoms with Crippen LogP contribution < -0.4 is 10.1 Å². The van der Waals surface area contributed by atoms with Crippen LogP contribution in [0.2, 0.25) is 0 Å². The Morgan fingerprint density at radius 1 is 1.10 bits per heavy atom. The molecule has 114 valence electrons. The van der Waals surface area contributed by atoms with Gasteiger partial charge in [0.2, 0.25) is 0 Å². The van der Waals surface area contributed by atoms with Crippen molar-refractivity contribution in [1.82, 2.24) is 5.32 Å². The van der Waals surface area contributed by atoms with Gasteiger partial charge in [0.15, 0.2) is 0 Å². The smallest absolute Gasteiger partial charge is 0.119 e. The summed E-state index contributed by atoms with van der Waals surface area (Å²) in [6, 6.07) is 8.48.